The van der Waals surface area contributed by atoms with E-state index >= 15 is 0 Å². The molecule has 0 bridgehead atoms. The molecule has 7 N–H and O–H groups in total. The molecular weight excluding hydrogens is 213 g/mol. The van der Waals surface area contributed by atoms with Crippen LogP contribution in [0.1, 0.15) is 0 Å². The van der Waals surface area contributed by atoms with Crippen molar-refractivity contribution >= 4 is 17.7 Å². The maximum atomic E-state index is 10.2. The van der Waals surface area contributed by atoms with Gasteiger partial charge in [0.15, 0.2) is 0 Å². The van der Waals surface area contributed by atoms with Gasteiger partial charge in [-0.25, -0.2) is 0 Å². The van der Waals surface area contributed by atoms with Gasteiger partial charge in [-0.05, 0) is 0 Å². The second kappa shape index (κ2) is 4.28. The normalized spacial score (nSPS) is 15.0. The summed E-state index contributed by atoms with van der Waals surface area (Å²) in [4.78, 5) is 16.5. The molecule has 0 amide bonds. The molecule has 0 fully saturated rings. The van der Waals surface area contributed by atoms with Crippen molar-refractivity contribution in [2.75, 3.05) is 5.75 Å². The predicted molar refractivity (Wildman–Crippen MR) is 40.0 cm³/mol. The van der Waals surface area contributed by atoms with Crippen molar-refractivity contribution in [1.82, 2.24) is 0 Å². The SMILES string of the molecule is NC(CS(=O)(=O)O)P(=O)(O)O.O. The molecule has 0 radical (unpaired) electrons. The Morgan fingerprint density at radius 1 is 1.42 bits per heavy atom. The van der Waals surface area contributed by atoms with Gasteiger partial charge in [0.25, 0.3) is 10.1 Å². The van der Waals surface area contributed by atoms with Crippen LogP contribution in [0.5, 0.6) is 0 Å². The van der Waals surface area contributed by atoms with Crippen LogP contribution in [0.3, 0.4) is 0 Å². The topological polar surface area (TPSA) is 169 Å². The van der Waals surface area contributed by atoms with Crippen molar-refractivity contribution in [1.29, 1.82) is 0 Å². The Morgan fingerprint density at radius 2 is 1.75 bits per heavy atom. The Balaban J connectivity index is 0. The minimum atomic E-state index is -4.61. The predicted octanol–water partition coefficient (Wildman–Crippen LogP) is -2.49. The molecule has 0 aromatic rings. The Labute approximate surface area is 68.6 Å². The zero-order chi connectivity index (χ0) is 9.28. The molecule has 0 aromatic carbocycles. The van der Waals surface area contributed by atoms with Gasteiger partial charge >= 0.3 is 7.60 Å². The van der Waals surface area contributed by atoms with E-state index in [0.717, 1.165) is 0 Å². The molecule has 1 atom stereocenters. The van der Waals surface area contributed by atoms with Gasteiger partial charge in [0.2, 0.25) is 0 Å². The van der Waals surface area contributed by atoms with Crippen LogP contribution in [-0.2, 0) is 14.7 Å². The molecule has 76 valence electrons. The highest BCUT2D eigenvalue weighted by Gasteiger charge is 2.28. The van der Waals surface area contributed by atoms with Crippen molar-refractivity contribution in [2.45, 2.75) is 5.78 Å². The second-order valence-corrected chi connectivity index (χ2v) is 5.24. The number of hydrogen-bond donors (Lipinski definition) is 4. The highest BCUT2D eigenvalue weighted by Crippen LogP contribution is 2.38. The molecular formula is C2H10NO7PS. The van der Waals surface area contributed by atoms with Crippen LogP contribution in [-0.4, -0.2) is 39.8 Å². The average Bonchev–Trinajstić information content (AvgIpc) is 1.56. The third-order valence-corrected chi connectivity index (χ3v) is 2.89. The van der Waals surface area contributed by atoms with Crippen LogP contribution in [0, 0.1) is 0 Å². The lowest BCUT2D eigenvalue weighted by Gasteiger charge is -2.10. The molecule has 0 aliphatic heterocycles. The zero-order valence-corrected chi connectivity index (χ0v) is 7.49. The lowest BCUT2D eigenvalue weighted by Crippen LogP contribution is -2.29. The van der Waals surface area contributed by atoms with Crippen LogP contribution >= 0.6 is 7.60 Å². The van der Waals surface area contributed by atoms with Crippen molar-refractivity contribution in [3.05, 3.63) is 0 Å². The Kier molecular flexibility index (Phi) is 5.18. The molecule has 1 unspecified atom stereocenters. The first kappa shape index (κ1) is 14.5. The molecule has 0 saturated heterocycles. The molecule has 10 heteroatoms. The number of hydrogen-bond acceptors (Lipinski definition) is 4. The minimum Gasteiger partial charge on any atom is -0.412 e. The molecule has 0 spiro atoms. The molecule has 8 nitrogen and oxygen atoms in total. The monoisotopic (exact) mass is 223 g/mol. The van der Waals surface area contributed by atoms with E-state index in [4.69, 9.17) is 20.1 Å². The minimum absolute atomic E-state index is 0. The van der Waals surface area contributed by atoms with Gasteiger partial charge in [0.05, 0.1) is 0 Å². The van der Waals surface area contributed by atoms with E-state index in [1.54, 1.807) is 0 Å². The van der Waals surface area contributed by atoms with Crippen molar-refractivity contribution in [3.63, 3.8) is 0 Å². The molecule has 0 aliphatic carbocycles. The summed E-state index contributed by atoms with van der Waals surface area (Å²) < 4.78 is 38.3. The fourth-order valence-corrected chi connectivity index (χ4v) is 2.09. The van der Waals surface area contributed by atoms with Crippen LogP contribution in [0.25, 0.3) is 0 Å². The third kappa shape index (κ3) is 6.68. The van der Waals surface area contributed by atoms with Gasteiger partial charge in [0.1, 0.15) is 11.5 Å². The summed E-state index contributed by atoms with van der Waals surface area (Å²) in [5.74, 6) is -3.01. The largest absolute Gasteiger partial charge is 0.412 e. The van der Waals surface area contributed by atoms with Gasteiger partial charge in [-0.2, -0.15) is 8.42 Å². The molecule has 12 heavy (non-hydrogen) atoms. The molecule has 0 aliphatic rings. The zero-order valence-electron chi connectivity index (χ0n) is 5.78. The van der Waals surface area contributed by atoms with E-state index in [0.29, 0.717) is 0 Å². The van der Waals surface area contributed by atoms with Gasteiger partial charge in [0, 0.05) is 0 Å². The van der Waals surface area contributed by atoms with E-state index in [9.17, 15) is 13.0 Å². The van der Waals surface area contributed by atoms with E-state index in [1.165, 1.54) is 0 Å². The highest BCUT2D eigenvalue weighted by molar-refractivity contribution is 7.86. The standard InChI is InChI=1S/C2H8NO6PS.H2O/c3-2(10(4,5)6)1-11(7,8)9;/h2H,1,3H2,(H2,4,5,6)(H,7,8,9);1H2. The van der Waals surface area contributed by atoms with Crippen molar-refractivity contribution in [3.8, 4) is 0 Å². The van der Waals surface area contributed by atoms with E-state index in [-0.39, 0.29) is 5.48 Å². The maximum Gasteiger partial charge on any atom is 0.343 e. The second-order valence-electron chi connectivity index (χ2n) is 1.91. The fourth-order valence-electron chi connectivity index (χ4n) is 0.313. The Morgan fingerprint density at radius 3 is 1.83 bits per heavy atom. The summed E-state index contributed by atoms with van der Waals surface area (Å²) in [6.07, 6.45) is 0. The third-order valence-electron chi connectivity index (χ3n) is 0.813. The van der Waals surface area contributed by atoms with Crippen LogP contribution in [0.15, 0.2) is 0 Å². The van der Waals surface area contributed by atoms with Gasteiger partial charge in [-0.1, -0.05) is 0 Å². The fraction of sp³-hybridized carbons (Fsp3) is 1.00. The number of rotatable bonds is 3. The quantitative estimate of drug-likeness (QED) is 0.303. The smallest absolute Gasteiger partial charge is 0.343 e. The van der Waals surface area contributed by atoms with Crippen LogP contribution in [0.2, 0.25) is 0 Å². The molecule has 0 saturated carbocycles. The van der Waals surface area contributed by atoms with Gasteiger partial charge < -0.3 is 21.0 Å². The van der Waals surface area contributed by atoms with Crippen molar-refractivity contribution < 1.29 is 32.8 Å². The molecule has 0 heterocycles. The first-order chi connectivity index (χ1) is 4.63. The summed E-state index contributed by atoms with van der Waals surface area (Å²) >= 11 is 0. The van der Waals surface area contributed by atoms with Gasteiger partial charge in [-0.15, -0.1) is 0 Å². The van der Waals surface area contributed by atoms with E-state index in [1.807, 2.05) is 0 Å². The van der Waals surface area contributed by atoms with Crippen LogP contribution < -0.4 is 5.73 Å². The summed E-state index contributed by atoms with van der Waals surface area (Å²) in [7, 11) is -9.04. The summed E-state index contributed by atoms with van der Waals surface area (Å²) in [6, 6.07) is 0. The highest BCUT2D eigenvalue weighted by atomic mass is 32.2. The van der Waals surface area contributed by atoms with Crippen LogP contribution in [0.4, 0.5) is 0 Å². The average molecular weight is 223 g/mol. The van der Waals surface area contributed by atoms with E-state index in [2.05, 4.69) is 0 Å². The van der Waals surface area contributed by atoms with Gasteiger partial charge in [-0.3, -0.25) is 9.12 Å². The molecule has 0 aromatic heterocycles. The first-order valence-electron chi connectivity index (χ1n) is 2.39. The first-order valence-corrected chi connectivity index (χ1v) is 5.68. The van der Waals surface area contributed by atoms with Crippen molar-refractivity contribution in [2.24, 2.45) is 5.73 Å². The number of nitrogens with two attached hydrogens (primary N) is 1. The maximum absolute atomic E-state index is 10.2. The lowest BCUT2D eigenvalue weighted by molar-refractivity contribution is 0.360. The lowest BCUT2D eigenvalue weighted by atomic mass is 10.8. The Hall–Kier alpha value is -0.0200. The Bertz CT molecular complexity index is 265. The van der Waals surface area contributed by atoms with E-state index < -0.39 is 29.2 Å². The molecule has 0 rings (SSSR count). The summed E-state index contributed by atoms with van der Waals surface area (Å²) in [5, 5.41) is 0. The summed E-state index contributed by atoms with van der Waals surface area (Å²) in [6.45, 7) is 0. The summed E-state index contributed by atoms with van der Waals surface area (Å²) in [5.41, 5.74) is 4.73.